The second-order valence-corrected chi connectivity index (χ2v) is 7.03. The van der Waals surface area contributed by atoms with Gasteiger partial charge in [0.15, 0.2) is 11.5 Å². The Labute approximate surface area is 141 Å². The Morgan fingerprint density at radius 1 is 1.21 bits per heavy atom. The van der Waals surface area contributed by atoms with Crippen molar-refractivity contribution < 1.29 is 14.0 Å². The summed E-state index contributed by atoms with van der Waals surface area (Å²) in [5, 5.41) is 4.06. The van der Waals surface area contributed by atoms with E-state index in [-0.39, 0.29) is 17.7 Å². The molecule has 0 aliphatic carbocycles. The van der Waals surface area contributed by atoms with Gasteiger partial charge in [0.2, 0.25) is 0 Å². The van der Waals surface area contributed by atoms with Crippen LogP contribution in [0.1, 0.15) is 47.6 Å². The van der Waals surface area contributed by atoms with Gasteiger partial charge in [-0.25, -0.2) is 0 Å². The molecule has 1 aromatic carbocycles. The highest BCUT2D eigenvalue weighted by atomic mass is 16.3. The van der Waals surface area contributed by atoms with E-state index in [4.69, 9.17) is 4.42 Å². The maximum Gasteiger partial charge on any atom is 0.251 e. The number of carbonyl (C=O) groups is 2. The van der Waals surface area contributed by atoms with Crippen LogP contribution in [0.4, 0.5) is 0 Å². The minimum atomic E-state index is -0.113. The number of nitrogens with one attached hydrogen (secondary N) is 1. The first kappa shape index (κ1) is 15.4. The molecule has 2 atom stereocenters. The summed E-state index contributed by atoms with van der Waals surface area (Å²) in [7, 11) is 0. The molecule has 3 aliphatic rings. The van der Waals surface area contributed by atoms with Crippen LogP contribution in [0.3, 0.4) is 0 Å². The normalized spacial score (nSPS) is 28.9. The Balaban J connectivity index is 1.56. The summed E-state index contributed by atoms with van der Waals surface area (Å²) in [4.78, 5) is 26.6. The quantitative estimate of drug-likeness (QED) is 0.881. The zero-order valence-electron chi connectivity index (χ0n) is 14.0. The van der Waals surface area contributed by atoms with E-state index < -0.39 is 0 Å². The molecule has 5 heteroatoms. The largest absolute Gasteiger partial charge is 0.453 e. The molecule has 5 nitrogen and oxygen atoms in total. The lowest BCUT2D eigenvalue weighted by Crippen LogP contribution is -2.62. The van der Waals surface area contributed by atoms with E-state index in [1.165, 1.54) is 6.92 Å². The van der Waals surface area contributed by atoms with Crippen molar-refractivity contribution >= 4 is 22.7 Å². The number of piperidine rings is 3. The molecule has 0 saturated carbocycles. The highest BCUT2D eigenvalue weighted by Gasteiger charge is 2.40. The average Bonchev–Trinajstić information content (AvgIpc) is 3.02. The number of hydrogen-bond donors (Lipinski definition) is 1. The Kier molecular flexibility index (Phi) is 3.68. The zero-order chi connectivity index (χ0) is 16.8. The maximum absolute atomic E-state index is 12.7. The summed E-state index contributed by atoms with van der Waals surface area (Å²) in [6, 6.07) is 7.67. The van der Waals surface area contributed by atoms with Gasteiger partial charge in [0.1, 0.15) is 5.58 Å². The van der Waals surface area contributed by atoms with E-state index in [1.54, 1.807) is 18.2 Å². The van der Waals surface area contributed by atoms with Crippen LogP contribution in [-0.4, -0.2) is 41.8 Å². The van der Waals surface area contributed by atoms with Gasteiger partial charge in [0.25, 0.3) is 5.91 Å². The Morgan fingerprint density at radius 2 is 1.96 bits per heavy atom. The molecule has 24 heavy (non-hydrogen) atoms. The van der Waals surface area contributed by atoms with Gasteiger partial charge in [-0.15, -0.1) is 0 Å². The number of ketones is 1. The summed E-state index contributed by atoms with van der Waals surface area (Å²) in [6.45, 7) is 5.96. The van der Waals surface area contributed by atoms with Crippen molar-refractivity contribution in [2.24, 2.45) is 5.92 Å². The van der Waals surface area contributed by atoms with Crippen molar-refractivity contribution in [3.8, 4) is 0 Å². The third-order valence-electron chi connectivity index (χ3n) is 5.60. The van der Waals surface area contributed by atoms with E-state index in [0.29, 0.717) is 28.9 Å². The van der Waals surface area contributed by atoms with Crippen molar-refractivity contribution in [3.05, 3.63) is 35.6 Å². The molecule has 0 spiro atoms. The fourth-order valence-corrected chi connectivity index (χ4v) is 4.13. The molecule has 3 aliphatic heterocycles. The van der Waals surface area contributed by atoms with E-state index in [9.17, 15) is 9.59 Å². The molecular weight excluding hydrogens is 304 g/mol. The van der Waals surface area contributed by atoms with Crippen molar-refractivity contribution in [3.63, 3.8) is 0 Å². The number of nitrogens with zero attached hydrogens (tertiary/aromatic N) is 1. The van der Waals surface area contributed by atoms with Crippen LogP contribution >= 0.6 is 0 Å². The van der Waals surface area contributed by atoms with Crippen LogP contribution < -0.4 is 5.32 Å². The predicted octanol–water partition coefficient (Wildman–Crippen LogP) is 2.85. The van der Waals surface area contributed by atoms with E-state index in [0.717, 1.165) is 31.3 Å². The van der Waals surface area contributed by atoms with Gasteiger partial charge >= 0.3 is 0 Å². The van der Waals surface area contributed by atoms with E-state index in [2.05, 4.69) is 17.1 Å². The van der Waals surface area contributed by atoms with Gasteiger partial charge in [-0.05, 0) is 57.0 Å². The Hall–Kier alpha value is -2.14. The number of benzene rings is 1. The minimum absolute atomic E-state index is 0.0664. The summed E-state index contributed by atoms with van der Waals surface area (Å²) in [5.41, 5.74) is 1.16. The molecular formula is C19H22N2O3. The first-order valence-electron chi connectivity index (χ1n) is 8.62. The van der Waals surface area contributed by atoms with Gasteiger partial charge in [-0.3, -0.25) is 14.5 Å². The Morgan fingerprint density at radius 3 is 2.62 bits per heavy atom. The molecule has 0 radical (unpaired) electrons. The second-order valence-electron chi connectivity index (χ2n) is 7.03. The predicted molar refractivity (Wildman–Crippen MR) is 91.2 cm³/mol. The monoisotopic (exact) mass is 326 g/mol. The summed E-state index contributed by atoms with van der Waals surface area (Å²) in [5.74, 6) is 0.723. The SMILES string of the molecule is CC(=O)c1cc2ccc(C(=O)N[C@@H]3C4CCN(CC4)[C@H]3C)cc2o1. The second kappa shape index (κ2) is 5.74. The molecule has 2 aromatic rings. The smallest absolute Gasteiger partial charge is 0.251 e. The lowest BCUT2D eigenvalue weighted by Gasteiger charge is -2.49. The van der Waals surface area contributed by atoms with Gasteiger partial charge in [-0.2, -0.15) is 0 Å². The van der Waals surface area contributed by atoms with Crippen LogP contribution in [0.25, 0.3) is 11.0 Å². The third kappa shape index (κ3) is 2.53. The number of rotatable bonds is 3. The lowest BCUT2D eigenvalue weighted by molar-refractivity contribution is 0.0217. The topological polar surface area (TPSA) is 62.6 Å². The van der Waals surface area contributed by atoms with Crippen molar-refractivity contribution in [1.29, 1.82) is 0 Å². The van der Waals surface area contributed by atoms with Crippen LogP contribution in [0, 0.1) is 5.92 Å². The summed E-state index contributed by atoms with van der Waals surface area (Å²) >= 11 is 0. The van der Waals surface area contributed by atoms with Gasteiger partial charge < -0.3 is 9.73 Å². The van der Waals surface area contributed by atoms with E-state index in [1.807, 2.05) is 6.07 Å². The molecule has 0 unspecified atom stereocenters. The van der Waals surface area contributed by atoms with Crippen molar-refractivity contribution in [2.45, 2.75) is 38.8 Å². The van der Waals surface area contributed by atoms with Crippen molar-refractivity contribution in [2.75, 3.05) is 13.1 Å². The number of hydrogen-bond acceptors (Lipinski definition) is 4. The molecule has 2 bridgehead atoms. The van der Waals surface area contributed by atoms with Crippen molar-refractivity contribution in [1.82, 2.24) is 10.2 Å². The molecule has 1 N–H and O–H groups in total. The summed E-state index contributed by atoms with van der Waals surface area (Å²) < 4.78 is 5.54. The van der Waals surface area contributed by atoms with Crippen LogP contribution in [-0.2, 0) is 0 Å². The van der Waals surface area contributed by atoms with Crippen LogP contribution in [0.2, 0.25) is 0 Å². The average molecular weight is 326 g/mol. The van der Waals surface area contributed by atoms with E-state index >= 15 is 0 Å². The Bertz CT molecular complexity index is 800. The van der Waals surface area contributed by atoms with Gasteiger partial charge in [0.05, 0.1) is 0 Å². The molecule has 1 amide bonds. The molecule has 1 aromatic heterocycles. The highest BCUT2D eigenvalue weighted by Crippen LogP contribution is 2.32. The first-order chi connectivity index (χ1) is 11.5. The number of Topliss-reactive ketones (excluding diaryl/α,β-unsaturated/α-hetero) is 1. The van der Waals surface area contributed by atoms with Gasteiger partial charge in [-0.1, -0.05) is 6.07 Å². The van der Waals surface area contributed by atoms with Crippen LogP contribution in [0.15, 0.2) is 28.7 Å². The fourth-order valence-electron chi connectivity index (χ4n) is 4.13. The highest BCUT2D eigenvalue weighted by molar-refractivity contribution is 6.00. The lowest BCUT2D eigenvalue weighted by atomic mass is 9.79. The fraction of sp³-hybridized carbons (Fsp3) is 0.474. The standard InChI is InChI=1S/C19H22N2O3/c1-11-18(13-5-7-21(11)8-6-13)20-19(23)15-4-3-14-9-16(12(2)22)24-17(14)10-15/h3-4,9-11,13,18H,5-8H2,1-2H3,(H,20,23)/t11-,18-/m0/s1. The molecule has 4 heterocycles. The number of fused-ring (bicyclic) bond motifs is 4. The number of amides is 1. The third-order valence-corrected chi connectivity index (χ3v) is 5.60. The molecule has 5 rings (SSSR count). The maximum atomic E-state index is 12.7. The summed E-state index contributed by atoms with van der Waals surface area (Å²) in [6.07, 6.45) is 2.32. The molecule has 3 fully saturated rings. The minimum Gasteiger partial charge on any atom is -0.453 e. The molecule has 3 saturated heterocycles. The zero-order valence-corrected chi connectivity index (χ0v) is 14.0. The van der Waals surface area contributed by atoms with Crippen LogP contribution in [0.5, 0.6) is 0 Å². The number of carbonyl (C=O) groups excluding carboxylic acids is 2. The molecule has 126 valence electrons. The van der Waals surface area contributed by atoms with Gasteiger partial charge in [0, 0.05) is 30.0 Å². The first-order valence-corrected chi connectivity index (χ1v) is 8.62. The number of furan rings is 1.